The number of rotatable bonds is 2. The van der Waals surface area contributed by atoms with Gasteiger partial charge in [-0.05, 0) is 25.3 Å². The van der Waals surface area contributed by atoms with E-state index in [4.69, 9.17) is 10.00 Å². The average Bonchev–Trinajstić information content (AvgIpc) is 2.11. The summed E-state index contributed by atoms with van der Waals surface area (Å²) in [7, 11) is 0. The monoisotopic (exact) mass is 194 g/mol. The van der Waals surface area contributed by atoms with Gasteiger partial charge in [0.15, 0.2) is 0 Å². The Morgan fingerprint density at radius 1 is 1.57 bits per heavy atom. The van der Waals surface area contributed by atoms with Crippen molar-refractivity contribution >= 4 is 0 Å². The summed E-state index contributed by atoms with van der Waals surface area (Å²) in [5.74, 6) is 0.778. The van der Waals surface area contributed by atoms with E-state index in [9.17, 15) is 0 Å². The second-order valence-electron chi connectivity index (χ2n) is 4.75. The fourth-order valence-electron chi connectivity index (χ4n) is 2.50. The van der Waals surface area contributed by atoms with E-state index >= 15 is 0 Å². The molecule has 0 radical (unpaired) electrons. The number of hydrogen-bond donors (Lipinski definition) is 0. The van der Waals surface area contributed by atoms with E-state index in [-0.39, 0.29) is 5.54 Å². The van der Waals surface area contributed by atoms with Crippen molar-refractivity contribution in [3.05, 3.63) is 0 Å². The molecule has 2 saturated heterocycles. The summed E-state index contributed by atoms with van der Waals surface area (Å²) in [5.41, 5.74) is 0.0728. The fraction of sp³-hybridized carbons (Fsp3) is 0.909. The molecule has 0 aromatic carbocycles. The molecule has 0 aliphatic carbocycles. The molecule has 0 saturated carbocycles. The number of nitrogens with zero attached hydrogens (tertiary/aromatic N) is 2. The Labute approximate surface area is 85.6 Å². The van der Waals surface area contributed by atoms with E-state index in [1.54, 1.807) is 0 Å². The van der Waals surface area contributed by atoms with Crippen LogP contribution in [0.5, 0.6) is 0 Å². The molecule has 0 N–H and O–H groups in total. The number of nitriles is 1. The lowest BCUT2D eigenvalue weighted by molar-refractivity contribution is -0.147. The van der Waals surface area contributed by atoms with Gasteiger partial charge in [-0.1, -0.05) is 6.92 Å². The van der Waals surface area contributed by atoms with Crippen LogP contribution in [-0.4, -0.2) is 36.7 Å². The van der Waals surface area contributed by atoms with E-state index in [0.29, 0.717) is 6.42 Å². The standard InChI is InChI=1S/C11H18N2O/c1-10-3-2-6-13(7-10)11(4-5-12)8-14-9-11/h10H,2-4,6-9H2,1H3/t10-/m0/s1. The molecule has 2 aliphatic rings. The van der Waals surface area contributed by atoms with Crippen molar-refractivity contribution in [1.29, 1.82) is 5.26 Å². The molecule has 3 heteroatoms. The molecule has 3 nitrogen and oxygen atoms in total. The van der Waals surface area contributed by atoms with Gasteiger partial charge in [-0.15, -0.1) is 0 Å². The summed E-state index contributed by atoms with van der Waals surface area (Å²) in [6.45, 7) is 6.10. The molecule has 0 unspecified atom stereocenters. The van der Waals surface area contributed by atoms with Crippen molar-refractivity contribution in [3.63, 3.8) is 0 Å². The molecule has 0 bridgehead atoms. The first kappa shape index (κ1) is 9.95. The van der Waals surface area contributed by atoms with Gasteiger partial charge in [0.05, 0.1) is 31.2 Å². The fourth-order valence-corrected chi connectivity index (χ4v) is 2.50. The van der Waals surface area contributed by atoms with Crippen LogP contribution >= 0.6 is 0 Å². The molecule has 1 atom stereocenters. The molecule has 78 valence electrons. The van der Waals surface area contributed by atoms with Crippen molar-refractivity contribution < 1.29 is 4.74 Å². The highest BCUT2D eigenvalue weighted by molar-refractivity contribution is 5.03. The summed E-state index contributed by atoms with van der Waals surface area (Å²) in [6.07, 6.45) is 3.23. The van der Waals surface area contributed by atoms with Crippen molar-refractivity contribution in [1.82, 2.24) is 4.90 Å². The van der Waals surface area contributed by atoms with Gasteiger partial charge in [-0.25, -0.2) is 0 Å². The lowest BCUT2D eigenvalue weighted by Gasteiger charge is -2.51. The van der Waals surface area contributed by atoms with Crippen LogP contribution < -0.4 is 0 Å². The number of likely N-dealkylation sites (tertiary alicyclic amines) is 1. The minimum absolute atomic E-state index is 0.0728. The Morgan fingerprint density at radius 2 is 2.36 bits per heavy atom. The summed E-state index contributed by atoms with van der Waals surface area (Å²) in [5, 5.41) is 8.83. The van der Waals surface area contributed by atoms with E-state index in [0.717, 1.165) is 32.2 Å². The molecule has 0 spiro atoms. The highest BCUT2D eigenvalue weighted by Crippen LogP contribution is 2.32. The van der Waals surface area contributed by atoms with Gasteiger partial charge in [-0.2, -0.15) is 5.26 Å². The third kappa shape index (κ3) is 1.65. The smallest absolute Gasteiger partial charge is 0.0809 e. The van der Waals surface area contributed by atoms with Crippen molar-refractivity contribution in [3.8, 4) is 6.07 Å². The van der Waals surface area contributed by atoms with E-state index < -0.39 is 0 Å². The van der Waals surface area contributed by atoms with Gasteiger partial charge >= 0.3 is 0 Å². The SMILES string of the molecule is C[C@H]1CCCN(C2(CC#N)COC2)C1. The van der Waals surface area contributed by atoms with Crippen molar-refractivity contribution in [2.75, 3.05) is 26.3 Å². The third-order valence-electron chi connectivity index (χ3n) is 3.48. The Bertz CT molecular complexity index is 242. The lowest BCUT2D eigenvalue weighted by Crippen LogP contribution is -2.63. The van der Waals surface area contributed by atoms with Crippen LogP contribution in [0.2, 0.25) is 0 Å². The Morgan fingerprint density at radius 3 is 2.86 bits per heavy atom. The van der Waals surface area contributed by atoms with Crippen LogP contribution in [0.3, 0.4) is 0 Å². The molecule has 2 rings (SSSR count). The average molecular weight is 194 g/mol. The van der Waals surface area contributed by atoms with Crippen molar-refractivity contribution in [2.24, 2.45) is 5.92 Å². The molecule has 14 heavy (non-hydrogen) atoms. The second kappa shape index (κ2) is 3.88. The molecular weight excluding hydrogens is 176 g/mol. The topological polar surface area (TPSA) is 36.3 Å². The van der Waals surface area contributed by atoms with E-state index in [2.05, 4.69) is 17.9 Å². The lowest BCUT2D eigenvalue weighted by atomic mass is 9.87. The summed E-state index contributed by atoms with van der Waals surface area (Å²) < 4.78 is 5.29. The normalized spacial score (nSPS) is 31.9. The molecular formula is C11H18N2O. The quantitative estimate of drug-likeness (QED) is 0.666. The largest absolute Gasteiger partial charge is 0.377 e. The maximum absolute atomic E-state index is 8.83. The Kier molecular flexibility index (Phi) is 2.76. The van der Waals surface area contributed by atoms with Gasteiger partial charge < -0.3 is 4.74 Å². The van der Waals surface area contributed by atoms with Gasteiger partial charge in [0.2, 0.25) is 0 Å². The zero-order chi connectivity index (χ0) is 10.0. The van der Waals surface area contributed by atoms with E-state index in [1.165, 1.54) is 12.8 Å². The third-order valence-corrected chi connectivity index (χ3v) is 3.48. The molecule has 0 amide bonds. The van der Waals surface area contributed by atoms with Gasteiger partial charge in [0.25, 0.3) is 0 Å². The highest BCUT2D eigenvalue weighted by atomic mass is 16.5. The summed E-state index contributed by atoms with van der Waals surface area (Å²) in [6, 6.07) is 2.30. The highest BCUT2D eigenvalue weighted by Gasteiger charge is 2.44. The predicted octanol–water partition coefficient (Wildman–Crippen LogP) is 1.40. The molecule has 0 aromatic rings. The zero-order valence-corrected chi connectivity index (χ0v) is 8.83. The Hall–Kier alpha value is -0.590. The maximum atomic E-state index is 8.83. The first-order chi connectivity index (χ1) is 6.77. The first-order valence-corrected chi connectivity index (χ1v) is 5.47. The van der Waals surface area contributed by atoms with Crippen LogP contribution in [0.15, 0.2) is 0 Å². The maximum Gasteiger partial charge on any atom is 0.0809 e. The Balaban J connectivity index is 2.00. The first-order valence-electron chi connectivity index (χ1n) is 5.47. The molecule has 0 aromatic heterocycles. The van der Waals surface area contributed by atoms with Crippen LogP contribution in [0, 0.1) is 17.2 Å². The number of hydrogen-bond acceptors (Lipinski definition) is 3. The number of ether oxygens (including phenoxy) is 1. The second-order valence-corrected chi connectivity index (χ2v) is 4.75. The van der Waals surface area contributed by atoms with Crippen LogP contribution in [0.25, 0.3) is 0 Å². The predicted molar refractivity (Wildman–Crippen MR) is 53.8 cm³/mol. The molecule has 2 fully saturated rings. The van der Waals surface area contributed by atoms with Gasteiger partial charge in [-0.3, -0.25) is 4.90 Å². The molecule has 2 aliphatic heterocycles. The minimum atomic E-state index is 0.0728. The van der Waals surface area contributed by atoms with Gasteiger partial charge in [0.1, 0.15) is 0 Å². The number of piperidine rings is 1. The van der Waals surface area contributed by atoms with Crippen LogP contribution in [0.1, 0.15) is 26.2 Å². The summed E-state index contributed by atoms with van der Waals surface area (Å²) >= 11 is 0. The van der Waals surface area contributed by atoms with Crippen LogP contribution in [-0.2, 0) is 4.74 Å². The summed E-state index contributed by atoms with van der Waals surface area (Å²) in [4.78, 5) is 2.48. The minimum Gasteiger partial charge on any atom is -0.377 e. The van der Waals surface area contributed by atoms with Crippen molar-refractivity contribution in [2.45, 2.75) is 31.7 Å². The molecule has 2 heterocycles. The van der Waals surface area contributed by atoms with Crippen LogP contribution in [0.4, 0.5) is 0 Å². The zero-order valence-electron chi connectivity index (χ0n) is 8.83. The van der Waals surface area contributed by atoms with E-state index in [1.807, 2.05) is 0 Å². The van der Waals surface area contributed by atoms with Gasteiger partial charge in [0, 0.05) is 6.54 Å².